The number of carbonyl (C=O) groups is 1. The van der Waals surface area contributed by atoms with E-state index in [1.807, 2.05) is 0 Å². The summed E-state index contributed by atoms with van der Waals surface area (Å²) in [6.45, 7) is 13.3. The van der Waals surface area contributed by atoms with E-state index in [1.165, 1.54) is 22.3 Å². The molecule has 0 radical (unpaired) electrons. The lowest BCUT2D eigenvalue weighted by Gasteiger charge is -2.43. The molecule has 3 nitrogen and oxygen atoms in total. The zero-order valence-corrected chi connectivity index (χ0v) is 21.4. The average Bonchev–Trinajstić information content (AvgIpc) is 2.63. The van der Waals surface area contributed by atoms with Crippen molar-refractivity contribution in [2.75, 3.05) is 0 Å². The molecule has 30 heavy (non-hydrogen) atoms. The second-order valence-electron chi connectivity index (χ2n) is 10.3. The van der Waals surface area contributed by atoms with Gasteiger partial charge in [-0.3, -0.25) is 4.79 Å². The van der Waals surface area contributed by atoms with Crippen LogP contribution in [0.5, 0.6) is 0 Å². The minimum atomic E-state index is -1.76. The highest BCUT2D eigenvalue weighted by Crippen LogP contribution is 2.35. The van der Waals surface area contributed by atoms with Crippen LogP contribution in [0.2, 0.25) is 38.3 Å². The van der Waals surface area contributed by atoms with E-state index in [0.29, 0.717) is 0 Å². The Hall–Kier alpha value is -1.70. The molecule has 0 aliphatic carbocycles. The zero-order valence-electron chi connectivity index (χ0n) is 19.4. The topological polar surface area (TPSA) is 38.3 Å². The van der Waals surface area contributed by atoms with Crippen LogP contribution >= 0.6 is 0 Å². The molecule has 1 heterocycles. The van der Waals surface area contributed by atoms with Crippen LogP contribution in [-0.2, 0) is 21.8 Å². The molecule has 1 amide bonds. The highest BCUT2D eigenvalue weighted by molar-refractivity contribution is 6.86. The first-order valence-corrected chi connectivity index (χ1v) is 17.4. The molecule has 2 aromatic carbocycles. The highest BCUT2D eigenvalue weighted by Gasteiger charge is 2.44. The van der Waals surface area contributed by atoms with Gasteiger partial charge in [-0.1, -0.05) is 59.7 Å². The zero-order chi connectivity index (χ0) is 21.9. The van der Waals surface area contributed by atoms with Gasteiger partial charge in [-0.25, -0.2) is 0 Å². The Kier molecular flexibility index (Phi) is 7.05. The van der Waals surface area contributed by atoms with E-state index in [0.717, 1.165) is 24.9 Å². The lowest BCUT2D eigenvalue weighted by Crippen LogP contribution is -2.55. The third kappa shape index (κ3) is 6.66. The van der Waals surface area contributed by atoms with Gasteiger partial charge in [0.05, 0.1) is 0 Å². The van der Waals surface area contributed by atoms with Gasteiger partial charge in [0.15, 0.2) is 16.6 Å². The molecule has 0 spiro atoms. The summed E-state index contributed by atoms with van der Waals surface area (Å²) >= 11 is 0. The van der Waals surface area contributed by atoms with Crippen LogP contribution in [0.25, 0.3) is 0 Å². The molecule has 0 unspecified atom stereocenters. The summed E-state index contributed by atoms with van der Waals surface area (Å²) in [5.41, 5.74) is 5.07. The molecule has 1 aliphatic heterocycles. The van der Waals surface area contributed by atoms with Crippen LogP contribution in [0, 0.1) is 19.8 Å². The van der Waals surface area contributed by atoms with Crippen LogP contribution in [0.15, 0.2) is 48.5 Å². The molecule has 3 rings (SSSR count). The fraction of sp³-hybridized carbons (Fsp3) is 0.480. The van der Waals surface area contributed by atoms with Gasteiger partial charge in [0.2, 0.25) is 5.91 Å². The van der Waals surface area contributed by atoms with E-state index < -0.39 is 16.6 Å². The minimum Gasteiger partial charge on any atom is -0.455 e. The van der Waals surface area contributed by atoms with Crippen molar-refractivity contribution in [1.82, 2.24) is 5.32 Å². The van der Waals surface area contributed by atoms with Gasteiger partial charge in [0.1, 0.15) is 0 Å². The molecule has 2 aromatic rings. The van der Waals surface area contributed by atoms with Crippen LogP contribution in [0.1, 0.15) is 22.3 Å². The van der Waals surface area contributed by atoms with E-state index >= 15 is 0 Å². The van der Waals surface area contributed by atoms with E-state index in [4.69, 9.17) is 4.12 Å². The van der Waals surface area contributed by atoms with Crippen molar-refractivity contribution in [3.05, 3.63) is 70.8 Å². The summed E-state index contributed by atoms with van der Waals surface area (Å²) in [5.74, 6) is 0.323. The van der Waals surface area contributed by atoms with Gasteiger partial charge < -0.3 is 9.43 Å². The first-order chi connectivity index (χ1) is 14.0. The van der Waals surface area contributed by atoms with Crippen molar-refractivity contribution in [2.24, 2.45) is 5.92 Å². The van der Waals surface area contributed by atoms with Gasteiger partial charge in [0, 0.05) is 12.0 Å². The second-order valence-corrected chi connectivity index (χ2v) is 19.0. The summed E-state index contributed by atoms with van der Waals surface area (Å²) in [4.78, 5) is 13.4. The maximum absolute atomic E-state index is 13.4. The predicted octanol–water partition coefficient (Wildman–Crippen LogP) is 5.63. The van der Waals surface area contributed by atoms with Gasteiger partial charge >= 0.3 is 0 Å². The molecular weight excluding hydrogens is 402 g/mol. The van der Waals surface area contributed by atoms with Crippen LogP contribution in [0.3, 0.4) is 0 Å². The molecule has 1 fully saturated rings. The van der Waals surface area contributed by atoms with Gasteiger partial charge in [-0.2, -0.15) is 0 Å². The molecular formula is C25H37NO2Si2. The van der Waals surface area contributed by atoms with Crippen molar-refractivity contribution in [1.29, 1.82) is 0 Å². The smallest absolute Gasteiger partial charge is 0.222 e. The monoisotopic (exact) mass is 439 g/mol. The van der Waals surface area contributed by atoms with Crippen LogP contribution < -0.4 is 5.32 Å². The van der Waals surface area contributed by atoms with E-state index in [1.54, 1.807) is 0 Å². The van der Waals surface area contributed by atoms with Gasteiger partial charge in [-0.15, -0.1) is 0 Å². The van der Waals surface area contributed by atoms with E-state index in [9.17, 15) is 4.79 Å². The van der Waals surface area contributed by atoms with Crippen LogP contribution in [0.4, 0.5) is 0 Å². The van der Waals surface area contributed by atoms with Crippen molar-refractivity contribution >= 4 is 22.5 Å². The average molecular weight is 440 g/mol. The molecule has 162 valence electrons. The summed E-state index contributed by atoms with van der Waals surface area (Å²) in [6.07, 6.45) is 1.70. The lowest BCUT2D eigenvalue weighted by molar-refractivity contribution is -0.125. The van der Waals surface area contributed by atoms with Crippen molar-refractivity contribution < 1.29 is 8.91 Å². The minimum absolute atomic E-state index is 0.0975. The fourth-order valence-electron chi connectivity index (χ4n) is 4.79. The number of hydrogen-bond donors (Lipinski definition) is 1. The van der Waals surface area contributed by atoms with E-state index in [2.05, 4.69) is 93.9 Å². The largest absolute Gasteiger partial charge is 0.455 e. The molecule has 1 aliphatic rings. The third-order valence-corrected chi connectivity index (χ3v) is 13.3. The van der Waals surface area contributed by atoms with Crippen molar-refractivity contribution in [2.45, 2.75) is 71.0 Å². The molecule has 0 aromatic heterocycles. The Morgan fingerprint density at radius 1 is 0.867 bits per heavy atom. The number of amides is 1. The first kappa shape index (κ1) is 23.0. The SMILES string of the molecule is Cc1ccc(CC(Cc2ccc(C)cc2)NC(=O)C2C[Si](C)(C)O[Si](C)(C)C2)cc1. The van der Waals surface area contributed by atoms with Gasteiger partial charge in [-0.05, 0) is 76.1 Å². The number of rotatable bonds is 6. The van der Waals surface area contributed by atoms with E-state index in [-0.39, 0.29) is 17.9 Å². The van der Waals surface area contributed by atoms with Crippen molar-refractivity contribution in [3.8, 4) is 0 Å². The maximum Gasteiger partial charge on any atom is 0.222 e. The summed E-state index contributed by atoms with van der Waals surface area (Å²) in [7, 11) is -3.53. The Morgan fingerprint density at radius 2 is 1.27 bits per heavy atom. The first-order valence-electron chi connectivity index (χ1n) is 11.1. The number of nitrogens with one attached hydrogen (secondary N) is 1. The molecule has 5 heteroatoms. The normalized spacial score (nSPS) is 18.4. The number of aryl methyl sites for hydroxylation is 2. The Labute approximate surface area is 184 Å². The molecule has 0 atom stereocenters. The Balaban J connectivity index is 1.75. The van der Waals surface area contributed by atoms with Crippen LogP contribution in [-0.4, -0.2) is 28.6 Å². The van der Waals surface area contributed by atoms with Crippen molar-refractivity contribution in [3.63, 3.8) is 0 Å². The molecule has 0 saturated carbocycles. The third-order valence-electron chi connectivity index (χ3n) is 5.95. The quantitative estimate of drug-likeness (QED) is 0.592. The number of benzene rings is 2. The summed E-state index contributed by atoms with van der Waals surface area (Å²) in [5, 5.41) is 3.44. The Morgan fingerprint density at radius 3 is 1.67 bits per heavy atom. The Bertz CT molecular complexity index is 796. The predicted molar refractivity (Wildman–Crippen MR) is 131 cm³/mol. The molecule has 1 N–H and O–H groups in total. The molecule has 1 saturated heterocycles. The standard InChI is InChI=1S/C25H37NO2Si2/c1-19-7-11-21(12-8-19)15-24(16-22-13-9-20(2)10-14-22)26-25(27)23-17-29(3,4)28-30(5,6)18-23/h7-14,23-24H,15-18H2,1-6H3,(H,26,27). The molecule has 0 bridgehead atoms. The number of carbonyl (C=O) groups excluding carboxylic acids is 1. The second kappa shape index (κ2) is 9.20. The lowest BCUT2D eigenvalue weighted by atomic mass is 9.97. The summed E-state index contributed by atoms with van der Waals surface area (Å²) in [6, 6.07) is 19.3. The fourth-order valence-corrected chi connectivity index (χ4v) is 14.8. The maximum atomic E-state index is 13.4. The van der Waals surface area contributed by atoms with Gasteiger partial charge in [0.25, 0.3) is 0 Å². The number of hydrogen-bond acceptors (Lipinski definition) is 2. The summed E-state index contributed by atoms with van der Waals surface area (Å²) < 4.78 is 6.46. The highest BCUT2D eigenvalue weighted by atomic mass is 28.4.